The van der Waals surface area contributed by atoms with Gasteiger partial charge >= 0.3 is 0 Å². The van der Waals surface area contributed by atoms with Crippen molar-refractivity contribution in [2.24, 2.45) is 10.8 Å². The van der Waals surface area contributed by atoms with E-state index in [4.69, 9.17) is 0 Å². The lowest BCUT2D eigenvalue weighted by molar-refractivity contribution is 0.206. The van der Waals surface area contributed by atoms with Crippen LogP contribution in [0.4, 0.5) is 0 Å². The minimum absolute atomic E-state index is 0.202. The highest BCUT2D eigenvalue weighted by molar-refractivity contribution is 7.86. The quantitative estimate of drug-likeness (QED) is 0.547. The predicted molar refractivity (Wildman–Crippen MR) is 57.1 cm³/mol. The molecule has 13 heavy (non-hydrogen) atoms. The summed E-state index contributed by atoms with van der Waals surface area (Å²) in [6.07, 6.45) is 3.54. The Balaban J connectivity index is 2.52. The van der Waals surface area contributed by atoms with Crippen LogP contribution >= 0.6 is 0 Å². The molecule has 74 valence electrons. The Labute approximate surface area is 83.1 Å². The molecule has 0 aromatic rings. The average Bonchev–Trinajstić information content (AvgIpc) is 1.75. The maximum Gasteiger partial charge on any atom is 0.0606 e. The number of rotatable bonds is 0. The lowest BCUT2D eigenvalue weighted by atomic mass is 9.66. The molecular formula is C11H18OS. The van der Waals surface area contributed by atoms with Gasteiger partial charge in [0.25, 0.3) is 0 Å². The first kappa shape index (κ1) is 9.45. The van der Waals surface area contributed by atoms with Crippen molar-refractivity contribution < 1.29 is 4.21 Å². The second-order valence-corrected chi connectivity index (χ2v) is 7.13. The number of fused-ring (bicyclic) bond motifs is 2. The fraction of sp³-hybridized carbons (Fsp3) is 0.818. The summed E-state index contributed by atoms with van der Waals surface area (Å²) in [7, 11) is -0.635. The van der Waals surface area contributed by atoms with Gasteiger partial charge < -0.3 is 0 Å². The van der Waals surface area contributed by atoms with Gasteiger partial charge in [-0.3, -0.25) is 4.21 Å². The molecule has 1 nitrogen and oxygen atoms in total. The summed E-state index contributed by atoms with van der Waals surface area (Å²) in [6.45, 7) is 8.89. The summed E-state index contributed by atoms with van der Waals surface area (Å²) >= 11 is 0. The Bertz CT molecular complexity index is 303. The number of allylic oxidation sites excluding steroid dienone is 1. The monoisotopic (exact) mass is 198 g/mol. The molecule has 3 aliphatic rings. The van der Waals surface area contributed by atoms with Gasteiger partial charge in [0.15, 0.2) is 0 Å². The summed E-state index contributed by atoms with van der Waals surface area (Å²) in [5, 5.41) is 0.314. The van der Waals surface area contributed by atoms with Gasteiger partial charge in [0, 0.05) is 16.6 Å². The molecule has 0 amide bonds. The van der Waals surface area contributed by atoms with Crippen LogP contribution in [0, 0.1) is 10.8 Å². The van der Waals surface area contributed by atoms with Crippen LogP contribution in [0.1, 0.15) is 34.1 Å². The van der Waals surface area contributed by atoms with Gasteiger partial charge in [0.1, 0.15) is 0 Å². The van der Waals surface area contributed by atoms with Gasteiger partial charge in [-0.05, 0) is 24.2 Å². The fourth-order valence-electron chi connectivity index (χ4n) is 3.49. The average molecular weight is 198 g/mol. The molecule has 2 aliphatic heterocycles. The van der Waals surface area contributed by atoms with E-state index in [1.165, 1.54) is 12.0 Å². The molecule has 2 heterocycles. The normalized spacial score (nSPS) is 47.5. The molecule has 1 aliphatic carbocycles. The molecule has 0 spiro atoms. The molecule has 3 rings (SSSR count). The highest BCUT2D eigenvalue weighted by Gasteiger charge is 2.50. The van der Waals surface area contributed by atoms with E-state index in [0.717, 1.165) is 5.75 Å². The van der Waals surface area contributed by atoms with Gasteiger partial charge in [-0.1, -0.05) is 32.4 Å². The van der Waals surface area contributed by atoms with Crippen LogP contribution < -0.4 is 0 Å². The second kappa shape index (κ2) is 2.47. The Kier molecular flexibility index (Phi) is 1.80. The lowest BCUT2D eigenvalue weighted by Gasteiger charge is -2.51. The highest BCUT2D eigenvalue weighted by Crippen LogP contribution is 2.52. The first-order valence-electron chi connectivity index (χ1n) is 4.91. The van der Waals surface area contributed by atoms with E-state index >= 15 is 0 Å². The number of hydrogen-bond donors (Lipinski definition) is 0. The van der Waals surface area contributed by atoms with Crippen molar-refractivity contribution in [3.63, 3.8) is 0 Å². The minimum Gasteiger partial charge on any atom is -0.259 e. The van der Waals surface area contributed by atoms with Crippen molar-refractivity contribution in [3.8, 4) is 0 Å². The Hall–Kier alpha value is -0.110. The van der Waals surface area contributed by atoms with Crippen LogP contribution in [0.5, 0.6) is 0 Å². The van der Waals surface area contributed by atoms with E-state index in [1.54, 1.807) is 0 Å². The van der Waals surface area contributed by atoms with Crippen LogP contribution in [0.25, 0.3) is 0 Å². The topological polar surface area (TPSA) is 17.1 Å². The largest absolute Gasteiger partial charge is 0.259 e. The Morgan fingerprint density at radius 2 is 2.08 bits per heavy atom. The van der Waals surface area contributed by atoms with Crippen LogP contribution in [0.15, 0.2) is 11.6 Å². The standard InChI is InChI=1S/C11H18OS/c1-8-5-11(4)6-10(2,3)9(8)13(12)7-11/h5,9H,6-7H2,1-4H3. The van der Waals surface area contributed by atoms with E-state index < -0.39 is 10.8 Å². The highest BCUT2D eigenvalue weighted by atomic mass is 32.2. The van der Waals surface area contributed by atoms with E-state index in [2.05, 4.69) is 33.8 Å². The third kappa shape index (κ3) is 1.30. The first-order chi connectivity index (χ1) is 5.84. The van der Waals surface area contributed by atoms with Gasteiger partial charge in [-0.2, -0.15) is 0 Å². The van der Waals surface area contributed by atoms with Crippen LogP contribution in [-0.4, -0.2) is 15.2 Å². The van der Waals surface area contributed by atoms with Gasteiger partial charge in [0.2, 0.25) is 0 Å². The summed E-state index contributed by atoms with van der Waals surface area (Å²) in [4.78, 5) is 0. The molecule has 0 radical (unpaired) electrons. The molecule has 2 heteroatoms. The predicted octanol–water partition coefficient (Wildman–Crippen LogP) is 2.50. The summed E-state index contributed by atoms with van der Waals surface area (Å²) < 4.78 is 12.0. The van der Waals surface area contributed by atoms with Crippen molar-refractivity contribution in [1.29, 1.82) is 0 Å². The van der Waals surface area contributed by atoms with E-state index in [-0.39, 0.29) is 10.8 Å². The summed E-state index contributed by atoms with van der Waals surface area (Å²) in [5.41, 5.74) is 1.78. The second-order valence-electron chi connectivity index (χ2n) is 5.61. The zero-order chi connectivity index (χ0) is 9.85. The van der Waals surface area contributed by atoms with Crippen LogP contribution in [0.3, 0.4) is 0 Å². The fourth-order valence-corrected chi connectivity index (χ4v) is 5.77. The van der Waals surface area contributed by atoms with Gasteiger partial charge in [-0.15, -0.1) is 0 Å². The third-order valence-corrected chi connectivity index (χ3v) is 5.77. The van der Waals surface area contributed by atoms with Crippen molar-refractivity contribution in [1.82, 2.24) is 0 Å². The molecule has 0 saturated carbocycles. The van der Waals surface area contributed by atoms with Crippen LogP contribution in [0.2, 0.25) is 0 Å². The van der Waals surface area contributed by atoms with Crippen molar-refractivity contribution in [3.05, 3.63) is 11.6 Å². The maximum absolute atomic E-state index is 12.0. The zero-order valence-corrected chi connectivity index (χ0v) is 9.70. The molecule has 0 N–H and O–H groups in total. The molecular weight excluding hydrogens is 180 g/mol. The van der Waals surface area contributed by atoms with E-state index in [0.29, 0.717) is 5.25 Å². The molecule has 3 atom stereocenters. The SMILES string of the molecule is CC1=CC2(C)CS(=O)C1C(C)(C)C2. The molecule has 0 aromatic carbocycles. The molecule has 0 aromatic heterocycles. The van der Waals surface area contributed by atoms with Crippen molar-refractivity contribution in [2.75, 3.05) is 5.75 Å². The first-order valence-corrected chi connectivity index (χ1v) is 6.29. The Morgan fingerprint density at radius 3 is 2.46 bits per heavy atom. The van der Waals surface area contributed by atoms with Gasteiger partial charge in [-0.25, -0.2) is 0 Å². The van der Waals surface area contributed by atoms with Gasteiger partial charge in [0.05, 0.1) is 5.25 Å². The lowest BCUT2D eigenvalue weighted by Crippen LogP contribution is -2.51. The van der Waals surface area contributed by atoms with Crippen molar-refractivity contribution in [2.45, 2.75) is 39.4 Å². The number of hydrogen-bond acceptors (Lipinski definition) is 1. The molecule has 2 bridgehead atoms. The van der Waals surface area contributed by atoms with Crippen LogP contribution in [-0.2, 0) is 10.8 Å². The Morgan fingerprint density at radius 1 is 1.46 bits per heavy atom. The molecule has 1 fully saturated rings. The zero-order valence-electron chi connectivity index (χ0n) is 8.89. The molecule has 1 saturated heterocycles. The maximum atomic E-state index is 12.0. The third-order valence-electron chi connectivity index (χ3n) is 3.29. The minimum atomic E-state index is -0.635. The van der Waals surface area contributed by atoms with E-state index in [1.807, 2.05) is 0 Å². The summed E-state index contributed by atoms with van der Waals surface area (Å²) in [6, 6.07) is 0. The van der Waals surface area contributed by atoms with E-state index in [9.17, 15) is 4.21 Å². The smallest absolute Gasteiger partial charge is 0.0606 e. The summed E-state index contributed by atoms with van der Waals surface area (Å²) in [5.74, 6) is 0.873. The molecule has 3 unspecified atom stereocenters. The van der Waals surface area contributed by atoms with Crippen molar-refractivity contribution >= 4 is 10.8 Å².